The number of aliphatic hydroxyl groups excluding tert-OH is 2. The Morgan fingerprint density at radius 3 is 1.03 bits per heavy atom. The summed E-state index contributed by atoms with van der Waals surface area (Å²) in [7, 11) is 0. The summed E-state index contributed by atoms with van der Waals surface area (Å²) in [5.41, 5.74) is 0. The number of rotatable bonds is 50. The van der Waals surface area contributed by atoms with Crippen LogP contribution in [0.3, 0.4) is 0 Å². The highest BCUT2D eigenvalue weighted by atomic mass is 16.3. The van der Waals surface area contributed by atoms with Gasteiger partial charge in [-0.05, 0) is 103 Å². The second-order valence-corrected chi connectivity index (χ2v) is 18.6. The maximum absolute atomic E-state index is 12.4. The molecule has 0 rings (SSSR count). The van der Waals surface area contributed by atoms with Gasteiger partial charge in [-0.1, -0.05) is 270 Å². The van der Waals surface area contributed by atoms with Gasteiger partial charge in [-0.15, -0.1) is 0 Å². The first-order valence-corrected chi connectivity index (χ1v) is 28.4. The Labute approximate surface area is 421 Å². The molecule has 4 nitrogen and oxygen atoms in total. The molecule has 0 heterocycles. The first kappa shape index (κ1) is 64.5. The van der Waals surface area contributed by atoms with E-state index in [2.05, 4.69) is 141 Å². The highest BCUT2D eigenvalue weighted by Gasteiger charge is 2.17. The van der Waals surface area contributed by atoms with Crippen LogP contribution < -0.4 is 5.32 Å². The van der Waals surface area contributed by atoms with Crippen LogP contribution in [0.4, 0.5) is 0 Å². The number of unbranched alkanes of at least 4 members (excludes halogenated alkanes) is 23. The van der Waals surface area contributed by atoms with E-state index in [-0.39, 0.29) is 12.5 Å². The largest absolute Gasteiger partial charge is 0.394 e. The van der Waals surface area contributed by atoms with E-state index in [0.29, 0.717) is 6.42 Å². The molecule has 0 aliphatic rings. The van der Waals surface area contributed by atoms with Gasteiger partial charge in [0.05, 0.1) is 18.8 Å². The Morgan fingerprint density at radius 2 is 0.662 bits per heavy atom. The second kappa shape index (κ2) is 57.8. The van der Waals surface area contributed by atoms with Crippen molar-refractivity contribution in [2.45, 2.75) is 257 Å². The van der Waals surface area contributed by atoms with Crippen LogP contribution in [0, 0.1) is 0 Å². The van der Waals surface area contributed by atoms with Crippen LogP contribution >= 0.6 is 0 Å². The minimum absolute atomic E-state index is 0.0800. The third-order valence-corrected chi connectivity index (χ3v) is 12.1. The Balaban J connectivity index is 3.59. The second-order valence-electron chi connectivity index (χ2n) is 18.6. The highest BCUT2D eigenvalue weighted by molar-refractivity contribution is 5.76. The summed E-state index contributed by atoms with van der Waals surface area (Å²) in [4.78, 5) is 12.4. The molecule has 0 aliphatic carbocycles. The maximum Gasteiger partial charge on any atom is 0.220 e. The normalized spacial score (nSPS) is 13.9. The molecular formula is C64H107NO3. The monoisotopic (exact) mass is 938 g/mol. The zero-order valence-electron chi connectivity index (χ0n) is 44.3. The summed E-state index contributed by atoms with van der Waals surface area (Å²) in [6, 6.07) is -0.647. The van der Waals surface area contributed by atoms with E-state index >= 15 is 0 Å². The molecule has 0 saturated heterocycles. The minimum Gasteiger partial charge on any atom is -0.394 e. The molecule has 0 spiro atoms. The first-order valence-electron chi connectivity index (χ1n) is 28.4. The Morgan fingerprint density at radius 1 is 0.368 bits per heavy atom. The lowest BCUT2D eigenvalue weighted by atomic mass is 10.0. The molecule has 0 radical (unpaired) electrons. The molecule has 0 bridgehead atoms. The molecule has 386 valence electrons. The predicted molar refractivity (Wildman–Crippen MR) is 303 cm³/mol. The molecule has 0 fully saturated rings. The highest BCUT2D eigenvalue weighted by Crippen LogP contribution is 2.15. The minimum atomic E-state index is -0.869. The van der Waals surface area contributed by atoms with E-state index < -0.39 is 12.1 Å². The van der Waals surface area contributed by atoms with Crippen molar-refractivity contribution in [2.24, 2.45) is 0 Å². The van der Waals surface area contributed by atoms with Gasteiger partial charge in [-0.3, -0.25) is 4.79 Å². The summed E-state index contributed by atoms with van der Waals surface area (Å²) in [5, 5.41) is 23.1. The van der Waals surface area contributed by atoms with Gasteiger partial charge >= 0.3 is 0 Å². The molecule has 0 aromatic carbocycles. The lowest BCUT2D eigenvalue weighted by Crippen LogP contribution is -2.45. The zero-order chi connectivity index (χ0) is 49.2. The molecule has 4 heteroatoms. The van der Waals surface area contributed by atoms with Gasteiger partial charge in [0.25, 0.3) is 0 Å². The van der Waals surface area contributed by atoms with Crippen molar-refractivity contribution < 1.29 is 15.0 Å². The summed E-state index contributed by atoms with van der Waals surface area (Å²) in [6.07, 6.45) is 90.4. The zero-order valence-corrected chi connectivity index (χ0v) is 44.3. The number of hydrogen-bond acceptors (Lipinski definition) is 3. The van der Waals surface area contributed by atoms with Gasteiger partial charge in [0.1, 0.15) is 0 Å². The Bertz CT molecular complexity index is 1390. The average molecular weight is 939 g/mol. The van der Waals surface area contributed by atoms with E-state index in [0.717, 1.165) is 89.9 Å². The third-order valence-electron chi connectivity index (χ3n) is 12.1. The number of carbonyl (C=O) groups is 1. The molecule has 0 aromatic heterocycles. The fourth-order valence-corrected chi connectivity index (χ4v) is 7.83. The van der Waals surface area contributed by atoms with Crippen molar-refractivity contribution in [1.82, 2.24) is 5.32 Å². The Hall–Kier alpha value is -3.47. The van der Waals surface area contributed by atoms with Crippen LogP contribution in [0.5, 0.6) is 0 Å². The third kappa shape index (κ3) is 53.5. The predicted octanol–water partition coefficient (Wildman–Crippen LogP) is 19.0. The molecular weight excluding hydrogens is 831 g/mol. The van der Waals surface area contributed by atoms with Crippen molar-refractivity contribution >= 4 is 5.91 Å². The molecule has 0 aliphatic heterocycles. The van der Waals surface area contributed by atoms with E-state index in [1.807, 2.05) is 6.08 Å². The molecule has 68 heavy (non-hydrogen) atoms. The number of nitrogens with one attached hydrogen (secondary N) is 1. The standard InChI is InChI=1S/C64H107NO3/c1-3-5-7-9-11-13-15-17-19-20-21-22-23-24-25-26-27-28-29-30-31-32-33-34-35-36-37-38-39-40-41-42-43-44-46-48-50-52-54-56-58-60-64(68)65-62(61-66)63(67)59-57-55-53-51-49-47-45-18-16-14-12-10-8-6-4-2/h5,7,11,13,17,19,21-22,24-25,27-28,30-31,33-34,36-37,49,51,57,59,62-63,66-67H,3-4,6,8-10,12,14-16,18,20,23,26,29,32,35,38-48,50,52-56,58,60-61H2,1-2H3,(H,65,68)/b7-5-,13-11-,19-17-,22-21-,25-24-,28-27-,31-30-,34-33-,37-36-,51-49+,59-57+. The van der Waals surface area contributed by atoms with Crippen LogP contribution in [0.1, 0.15) is 245 Å². The van der Waals surface area contributed by atoms with Crippen molar-refractivity contribution in [3.8, 4) is 0 Å². The van der Waals surface area contributed by atoms with Gasteiger partial charge in [-0.2, -0.15) is 0 Å². The number of carbonyl (C=O) groups excluding carboxylic acids is 1. The van der Waals surface area contributed by atoms with Crippen LogP contribution in [-0.4, -0.2) is 34.9 Å². The fourth-order valence-electron chi connectivity index (χ4n) is 7.83. The summed E-state index contributed by atoms with van der Waals surface area (Å²) >= 11 is 0. The van der Waals surface area contributed by atoms with Gasteiger partial charge < -0.3 is 15.5 Å². The fraction of sp³-hybridized carbons (Fsp3) is 0.641. The average Bonchev–Trinajstić information content (AvgIpc) is 3.34. The smallest absolute Gasteiger partial charge is 0.220 e. The molecule has 0 saturated carbocycles. The lowest BCUT2D eigenvalue weighted by Gasteiger charge is -2.19. The summed E-state index contributed by atoms with van der Waals surface area (Å²) in [6.45, 7) is 4.17. The molecule has 3 N–H and O–H groups in total. The molecule has 1 amide bonds. The molecule has 0 aromatic rings. The van der Waals surface area contributed by atoms with Crippen molar-refractivity contribution in [3.63, 3.8) is 0 Å². The van der Waals surface area contributed by atoms with Crippen molar-refractivity contribution in [3.05, 3.63) is 134 Å². The van der Waals surface area contributed by atoms with Gasteiger partial charge in [0.2, 0.25) is 5.91 Å². The quantitative estimate of drug-likeness (QED) is 0.0420. The molecule has 2 atom stereocenters. The van der Waals surface area contributed by atoms with E-state index in [4.69, 9.17) is 0 Å². The number of aliphatic hydroxyl groups is 2. The van der Waals surface area contributed by atoms with Crippen molar-refractivity contribution in [2.75, 3.05) is 6.61 Å². The summed E-state index contributed by atoms with van der Waals surface area (Å²) in [5.74, 6) is -0.0800. The SMILES string of the molecule is CC/C=C\C/C=C\C/C=C\C/C=C\C/C=C\C/C=C\C/C=C\C/C=C\C/C=C\CCCCCCCCCCCCCCCC(=O)NC(CO)C(O)/C=C/CC/C=C/CCCCCCCCCCC. The Kier molecular flexibility index (Phi) is 54.9. The van der Waals surface area contributed by atoms with Gasteiger partial charge in [-0.25, -0.2) is 0 Å². The number of amides is 1. The van der Waals surface area contributed by atoms with Crippen LogP contribution in [0.2, 0.25) is 0 Å². The van der Waals surface area contributed by atoms with E-state index in [1.54, 1.807) is 6.08 Å². The van der Waals surface area contributed by atoms with Gasteiger partial charge in [0.15, 0.2) is 0 Å². The number of hydrogen-bond donors (Lipinski definition) is 3. The van der Waals surface area contributed by atoms with Crippen LogP contribution in [0.15, 0.2) is 134 Å². The van der Waals surface area contributed by atoms with Crippen LogP contribution in [0.25, 0.3) is 0 Å². The maximum atomic E-state index is 12.4. The topological polar surface area (TPSA) is 69.6 Å². The summed E-state index contributed by atoms with van der Waals surface area (Å²) < 4.78 is 0. The van der Waals surface area contributed by atoms with Crippen LogP contribution in [-0.2, 0) is 4.79 Å². The van der Waals surface area contributed by atoms with E-state index in [9.17, 15) is 15.0 Å². The number of allylic oxidation sites excluding steroid dienone is 21. The first-order chi connectivity index (χ1) is 33.7. The van der Waals surface area contributed by atoms with E-state index in [1.165, 1.54) is 135 Å². The van der Waals surface area contributed by atoms with Gasteiger partial charge in [0, 0.05) is 6.42 Å². The molecule has 2 unspecified atom stereocenters. The lowest BCUT2D eigenvalue weighted by molar-refractivity contribution is -0.123. The van der Waals surface area contributed by atoms with Crippen molar-refractivity contribution in [1.29, 1.82) is 0 Å².